The van der Waals surface area contributed by atoms with Crippen molar-refractivity contribution < 1.29 is 4.42 Å². The van der Waals surface area contributed by atoms with Gasteiger partial charge in [-0.2, -0.15) is 0 Å². The van der Waals surface area contributed by atoms with E-state index >= 15 is 0 Å². The molecule has 9 rings (SSSR count). The van der Waals surface area contributed by atoms with Crippen LogP contribution in [0.3, 0.4) is 0 Å². The van der Waals surface area contributed by atoms with E-state index in [4.69, 9.17) is 15.9 Å². The van der Waals surface area contributed by atoms with Gasteiger partial charge in [-0.15, -0.1) is 0 Å². The molecule has 0 bridgehead atoms. The molecule has 0 saturated heterocycles. The number of nitrogens with two attached hydrogens (primary N) is 2. The van der Waals surface area contributed by atoms with Crippen LogP contribution in [0.5, 0.6) is 0 Å². The number of furan rings is 1. The molecule has 0 fully saturated rings. The van der Waals surface area contributed by atoms with Crippen LogP contribution in [0.1, 0.15) is 22.7 Å². The van der Waals surface area contributed by atoms with Crippen molar-refractivity contribution in [3.05, 3.63) is 180 Å². The molecule has 1 heterocycles. The minimum atomic E-state index is -0.165. The minimum absolute atomic E-state index is 0.165. The zero-order valence-electron chi connectivity index (χ0n) is 25.9. The molecule has 1 atom stereocenters. The summed E-state index contributed by atoms with van der Waals surface area (Å²) in [6.45, 7) is 0.640. The largest absolute Gasteiger partial charge is 0.455 e. The Morgan fingerprint density at radius 3 is 1.62 bits per heavy atom. The summed E-state index contributed by atoms with van der Waals surface area (Å²) in [5, 5.41) is 9.60. The summed E-state index contributed by atoms with van der Waals surface area (Å²) >= 11 is 0. The second kappa shape index (κ2) is 12.2. The van der Waals surface area contributed by atoms with Crippen LogP contribution in [0.2, 0.25) is 0 Å². The van der Waals surface area contributed by atoms with Crippen LogP contribution in [-0.2, 0) is 6.54 Å². The normalized spacial score (nSPS) is 12.0. The van der Waals surface area contributed by atoms with Gasteiger partial charge in [0.25, 0.3) is 0 Å². The van der Waals surface area contributed by atoms with E-state index in [0.29, 0.717) is 6.54 Å². The van der Waals surface area contributed by atoms with Crippen LogP contribution in [0.25, 0.3) is 65.4 Å². The third-order valence-corrected chi connectivity index (χ3v) is 9.17. The average molecular weight is 607 g/mol. The van der Waals surface area contributed by atoms with Crippen molar-refractivity contribution in [2.45, 2.75) is 12.6 Å². The first kappa shape index (κ1) is 28.7. The van der Waals surface area contributed by atoms with Gasteiger partial charge in [0.15, 0.2) is 0 Å². The standard InChI is InChI=1S/C37H25NO.C7H9N/c38-36(24-10-2-1-3-11-24)25-20-18-23(19-21-25)31-22-32-28-14-5-4-12-26(28)27-13-6-7-15-29(27)34(32)37-35(31)30-16-8-9-17-33(30)39-37;8-6-7-4-2-1-3-5-7/h1-22,36H,38H2;1-5H,6,8H2. The van der Waals surface area contributed by atoms with Crippen LogP contribution in [0.4, 0.5) is 0 Å². The Morgan fingerprint density at radius 1 is 0.468 bits per heavy atom. The lowest BCUT2D eigenvalue weighted by Crippen LogP contribution is -2.11. The van der Waals surface area contributed by atoms with Crippen molar-refractivity contribution in [1.29, 1.82) is 0 Å². The molecule has 0 aliphatic heterocycles. The lowest BCUT2D eigenvalue weighted by molar-refractivity contribution is 0.673. The lowest BCUT2D eigenvalue weighted by atomic mass is 9.89. The van der Waals surface area contributed by atoms with Crippen LogP contribution >= 0.6 is 0 Å². The Kier molecular flexibility index (Phi) is 7.47. The molecule has 226 valence electrons. The maximum atomic E-state index is 6.68. The Morgan fingerprint density at radius 2 is 0.979 bits per heavy atom. The van der Waals surface area contributed by atoms with Crippen molar-refractivity contribution >= 4 is 54.3 Å². The molecule has 0 spiro atoms. The molecule has 0 saturated carbocycles. The van der Waals surface area contributed by atoms with E-state index in [1.165, 1.54) is 43.4 Å². The van der Waals surface area contributed by atoms with E-state index < -0.39 is 0 Å². The molecule has 0 aliphatic rings. The summed E-state index contributed by atoms with van der Waals surface area (Å²) in [5.41, 5.74) is 19.5. The number of para-hydroxylation sites is 1. The Hall–Kier alpha value is -5.74. The van der Waals surface area contributed by atoms with E-state index in [2.05, 4.69) is 109 Å². The first-order valence-electron chi connectivity index (χ1n) is 16.0. The van der Waals surface area contributed by atoms with E-state index in [9.17, 15) is 0 Å². The fourth-order valence-corrected chi connectivity index (χ4v) is 6.83. The number of hydrogen-bond acceptors (Lipinski definition) is 3. The van der Waals surface area contributed by atoms with Gasteiger partial charge in [0.2, 0.25) is 0 Å². The van der Waals surface area contributed by atoms with Crippen LogP contribution in [0, 0.1) is 0 Å². The highest BCUT2D eigenvalue weighted by Gasteiger charge is 2.20. The smallest absolute Gasteiger partial charge is 0.144 e. The second-order valence-corrected chi connectivity index (χ2v) is 11.9. The van der Waals surface area contributed by atoms with Gasteiger partial charge < -0.3 is 15.9 Å². The molecular weight excluding hydrogens is 572 g/mol. The molecule has 47 heavy (non-hydrogen) atoms. The Balaban J connectivity index is 0.000000357. The molecule has 3 nitrogen and oxygen atoms in total. The zero-order valence-corrected chi connectivity index (χ0v) is 25.9. The highest BCUT2D eigenvalue weighted by atomic mass is 16.3. The summed E-state index contributed by atoms with van der Waals surface area (Å²) in [5.74, 6) is 0. The highest BCUT2D eigenvalue weighted by molar-refractivity contribution is 6.34. The van der Waals surface area contributed by atoms with E-state index in [1.54, 1.807) is 0 Å². The number of benzene rings is 8. The summed E-state index contributed by atoms with van der Waals surface area (Å²) in [6, 6.07) is 56.9. The fraction of sp³-hybridized carbons (Fsp3) is 0.0455. The van der Waals surface area contributed by atoms with E-state index in [0.717, 1.165) is 38.6 Å². The predicted octanol–water partition coefficient (Wildman–Crippen LogP) is 10.9. The van der Waals surface area contributed by atoms with Crippen LogP contribution in [-0.4, -0.2) is 0 Å². The summed E-state index contributed by atoms with van der Waals surface area (Å²) in [7, 11) is 0. The van der Waals surface area contributed by atoms with Gasteiger partial charge in [-0.1, -0.05) is 152 Å². The average Bonchev–Trinajstić information content (AvgIpc) is 3.55. The summed E-state index contributed by atoms with van der Waals surface area (Å²) < 4.78 is 6.68. The third-order valence-electron chi connectivity index (χ3n) is 9.17. The van der Waals surface area contributed by atoms with Crippen molar-refractivity contribution in [3.63, 3.8) is 0 Å². The predicted molar refractivity (Wildman–Crippen MR) is 198 cm³/mol. The molecule has 8 aromatic carbocycles. The lowest BCUT2D eigenvalue weighted by Gasteiger charge is -2.15. The van der Waals surface area contributed by atoms with Crippen molar-refractivity contribution in [3.8, 4) is 11.1 Å². The van der Waals surface area contributed by atoms with Gasteiger partial charge in [0.1, 0.15) is 11.2 Å². The molecule has 1 unspecified atom stereocenters. The maximum Gasteiger partial charge on any atom is 0.144 e. The number of fused-ring (bicyclic) bond motifs is 10. The van der Waals surface area contributed by atoms with Crippen molar-refractivity contribution in [2.75, 3.05) is 0 Å². The second-order valence-electron chi connectivity index (χ2n) is 11.9. The van der Waals surface area contributed by atoms with Crippen molar-refractivity contribution in [2.24, 2.45) is 11.5 Å². The minimum Gasteiger partial charge on any atom is -0.455 e. The third kappa shape index (κ3) is 5.12. The molecule has 0 amide bonds. The zero-order chi connectivity index (χ0) is 31.7. The topological polar surface area (TPSA) is 65.2 Å². The first-order chi connectivity index (χ1) is 23.2. The highest BCUT2D eigenvalue weighted by Crippen LogP contribution is 2.46. The van der Waals surface area contributed by atoms with E-state index in [1.807, 2.05) is 54.6 Å². The van der Waals surface area contributed by atoms with Gasteiger partial charge in [0, 0.05) is 22.7 Å². The number of hydrogen-bond donors (Lipinski definition) is 2. The molecule has 4 N–H and O–H groups in total. The van der Waals surface area contributed by atoms with Gasteiger partial charge in [-0.3, -0.25) is 0 Å². The van der Waals surface area contributed by atoms with E-state index in [-0.39, 0.29) is 6.04 Å². The van der Waals surface area contributed by atoms with Crippen molar-refractivity contribution in [1.82, 2.24) is 0 Å². The first-order valence-corrected chi connectivity index (χ1v) is 16.0. The fourth-order valence-electron chi connectivity index (χ4n) is 6.83. The van der Waals surface area contributed by atoms with Gasteiger partial charge in [-0.25, -0.2) is 0 Å². The summed E-state index contributed by atoms with van der Waals surface area (Å²) in [4.78, 5) is 0. The molecule has 0 radical (unpaired) electrons. The molecular formula is C44H34N2O. The molecule has 1 aromatic heterocycles. The van der Waals surface area contributed by atoms with Gasteiger partial charge in [0.05, 0.1) is 6.04 Å². The monoisotopic (exact) mass is 606 g/mol. The molecule has 0 aliphatic carbocycles. The summed E-state index contributed by atoms with van der Waals surface area (Å²) in [6.07, 6.45) is 0. The SMILES string of the molecule is NC(c1ccccc1)c1ccc(-c2cc3c4ccccc4c4ccccc4c3c3oc4ccccc4c23)cc1.NCc1ccccc1. The Bertz CT molecular complexity index is 2500. The molecule has 9 aromatic rings. The Labute approximate surface area is 273 Å². The quantitative estimate of drug-likeness (QED) is 0.196. The number of rotatable bonds is 4. The van der Waals surface area contributed by atoms with Gasteiger partial charge >= 0.3 is 0 Å². The van der Waals surface area contributed by atoms with Gasteiger partial charge in [-0.05, 0) is 66.9 Å². The van der Waals surface area contributed by atoms with Crippen LogP contribution < -0.4 is 11.5 Å². The molecule has 3 heteroatoms. The maximum absolute atomic E-state index is 6.68. The van der Waals surface area contributed by atoms with Crippen LogP contribution in [0.15, 0.2) is 168 Å².